The van der Waals surface area contributed by atoms with Gasteiger partial charge in [-0.15, -0.1) is 0 Å². The summed E-state index contributed by atoms with van der Waals surface area (Å²) in [5.41, 5.74) is 7.63. The van der Waals surface area contributed by atoms with Crippen molar-refractivity contribution in [3.05, 3.63) is 76.0 Å². The molecule has 29 heavy (non-hydrogen) atoms. The van der Waals surface area contributed by atoms with Crippen LogP contribution >= 0.6 is 0 Å². The molecule has 1 aromatic carbocycles. The number of anilines is 1. The Kier molecular flexibility index (Phi) is 4.66. The SMILES string of the molecule is Cc1cc(C)n2ncc(C(=O)Nc3c(C)nn(Cc4ccccc4C)c3C)c2n1. The molecule has 0 aliphatic carbocycles. The summed E-state index contributed by atoms with van der Waals surface area (Å²) in [6.07, 6.45) is 1.56. The molecule has 0 aliphatic rings. The molecule has 0 unspecified atom stereocenters. The summed E-state index contributed by atoms with van der Waals surface area (Å²) in [7, 11) is 0. The molecular formula is C22H24N6O. The van der Waals surface area contributed by atoms with Gasteiger partial charge < -0.3 is 5.32 Å². The van der Waals surface area contributed by atoms with E-state index in [1.165, 1.54) is 11.1 Å². The van der Waals surface area contributed by atoms with Crippen molar-refractivity contribution in [2.75, 3.05) is 5.32 Å². The van der Waals surface area contributed by atoms with Crippen LogP contribution in [-0.4, -0.2) is 30.3 Å². The number of benzene rings is 1. The highest BCUT2D eigenvalue weighted by Gasteiger charge is 2.20. The Morgan fingerprint density at radius 3 is 2.62 bits per heavy atom. The fraction of sp³-hybridized carbons (Fsp3) is 0.273. The number of carbonyl (C=O) groups is 1. The lowest BCUT2D eigenvalue weighted by atomic mass is 10.1. The van der Waals surface area contributed by atoms with Crippen LogP contribution in [0.25, 0.3) is 5.65 Å². The predicted molar refractivity (Wildman–Crippen MR) is 112 cm³/mol. The van der Waals surface area contributed by atoms with Crippen LogP contribution in [-0.2, 0) is 6.54 Å². The molecule has 0 bridgehead atoms. The number of nitrogens with one attached hydrogen (secondary N) is 1. The van der Waals surface area contributed by atoms with Crippen molar-refractivity contribution in [1.82, 2.24) is 24.4 Å². The highest BCUT2D eigenvalue weighted by Crippen LogP contribution is 2.23. The smallest absolute Gasteiger partial charge is 0.261 e. The fourth-order valence-electron chi connectivity index (χ4n) is 3.59. The third-order valence-electron chi connectivity index (χ3n) is 5.22. The number of nitrogens with zero attached hydrogens (tertiary/aromatic N) is 5. The van der Waals surface area contributed by atoms with Crippen LogP contribution in [0.5, 0.6) is 0 Å². The van der Waals surface area contributed by atoms with Crippen LogP contribution in [0.2, 0.25) is 0 Å². The highest BCUT2D eigenvalue weighted by molar-refractivity contribution is 6.08. The molecular weight excluding hydrogens is 364 g/mol. The van der Waals surface area contributed by atoms with Gasteiger partial charge in [-0.3, -0.25) is 9.48 Å². The van der Waals surface area contributed by atoms with Crippen LogP contribution in [0.1, 0.15) is 44.3 Å². The molecule has 1 N–H and O–H groups in total. The molecule has 0 atom stereocenters. The van der Waals surface area contributed by atoms with E-state index in [4.69, 9.17) is 0 Å². The van der Waals surface area contributed by atoms with Crippen molar-refractivity contribution in [3.63, 3.8) is 0 Å². The molecule has 0 aliphatic heterocycles. The van der Waals surface area contributed by atoms with Crippen molar-refractivity contribution in [3.8, 4) is 0 Å². The molecule has 0 radical (unpaired) electrons. The van der Waals surface area contributed by atoms with Gasteiger partial charge in [0.15, 0.2) is 5.65 Å². The minimum Gasteiger partial charge on any atom is -0.319 e. The maximum absolute atomic E-state index is 13.0. The van der Waals surface area contributed by atoms with Gasteiger partial charge in [-0.2, -0.15) is 10.2 Å². The second-order valence-electron chi connectivity index (χ2n) is 7.42. The molecule has 148 valence electrons. The second-order valence-corrected chi connectivity index (χ2v) is 7.42. The lowest BCUT2D eigenvalue weighted by Crippen LogP contribution is -2.14. The Balaban J connectivity index is 1.64. The van der Waals surface area contributed by atoms with E-state index in [2.05, 4.69) is 39.6 Å². The summed E-state index contributed by atoms with van der Waals surface area (Å²) in [5, 5.41) is 12.0. The average Bonchev–Trinajstić information content (AvgIpc) is 3.20. The van der Waals surface area contributed by atoms with E-state index in [9.17, 15) is 4.79 Å². The lowest BCUT2D eigenvalue weighted by molar-refractivity contribution is 0.102. The van der Waals surface area contributed by atoms with Crippen LogP contribution in [0.4, 0.5) is 5.69 Å². The number of rotatable bonds is 4. The summed E-state index contributed by atoms with van der Waals surface area (Å²) in [6.45, 7) is 10.5. The molecule has 4 rings (SSSR count). The number of amides is 1. The number of hydrogen-bond donors (Lipinski definition) is 1. The largest absolute Gasteiger partial charge is 0.319 e. The van der Waals surface area contributed by atoms with E-state index >= 15 is 0 Å². The van der Waals surface area contributed by atoms with Gasteiger partial charge in [-0.1, -0.05) is 24.3 Å². The van der Waals surface area contributed by atoms with Gasteiger partial charge in [-0.25, -0.2) is 9.50 Å². The van der Waals surface area contributed by atoms with E-state index in [0.717, 1.165) is 28.5 Å². The number of carbonyl (C=O) groups excluding carboxylic acids is 1. The van der Waals surface area contributed by atoms with Crippen LogP contribution in [0.3, 0.4) is 0 Å². The zero-order valence-electron chi connectivity index (χ0n) is 17.3. The Bertz CT molecular complexity index is 1230. The molecule has 4 aromatic rings. The standard InChI is InChI=1S/C22H24N6O/c1-13-8-6-7-9-18(13)12-27-17(5)20(16(4)26-27)25-22(29)19-11-23-28-15(3)10-14(2)24-21(19)28/h6-11H,12H2,1-5H3,(H,25,29). The third-order valence-corrected chi connectivity index (χ3v) is 5.22. The molecule has 3 heterocycles. The van der Waals surface area contributed by atoms with Gasteiger partial charge in [-0.05, 0) is 51.8 Å². The van der Waals surface area contributed by atoms with E-state index in [0.29, 0.717) is 17.8 Å². The molecule has 0 saturated carbocycles. The van der Waals surface area contributed by atoms with Gasteiger partial charge in [0.1, 0.15) is 5.56 Å². The minimum atomic E-state index is -0.237. The average molecular weight is 388 g/mol. The van der Waals surface area contributed by atoms with E-state index in [-0.39, 0.29) is 5.91 Å². The zero-order valence-corrected chi connectivity index (χ0v) is 17.3. The normalized spacial score (nSPS) is 11.2. The van der Waals surface area contributed by atoms with Crippen LogP contribution < -0.4 is 5.32 Å². The molecule has 0 fully saturated rings. The van der Waals surface area contributed by atoms with Crippen LogP contribution in [0.15, 0.2) is 36.5 Å². The fourth-order valence-corrected chi connectivity index (χ4v) is 3.59. The molecule has 7 heteroatoms. The minimum absolute atomic E-state index is 0.237. The molecule has 7 nitrogen and oxygen atoms in total. The highest BCUT2D eigenvalue weighted by atomic mass is 16.1. The van der Waals surface area contributed by atoms with Gasteiger partial charge >= 0.3 is 0 Å². The zero-order chi connectivity index (χ0) is 20.7. The Hall–Kier alpha value is -3.48. The molecule has 0 spiro atoms. The van der Waals surface area contributed by atoms with Crippen molar-refractivity contribution < 1.29 is 4.79 Å². The number of aryl methyl sites for hydroxylation is 4. The first-order chi connectivity index (χ1) is 13.8. The summed E-state index contributed by atoms with van der Waals surface area (Å²) < 4.78 is 3.61. The Morgan fingerprint density at radius 1 is 1.10 bits per heavy atom. The summed E-state index contributed by atoms with van der Waals surface area (Å²) in [4.78, 5) is 17.5. The summed E-state index contributed by atoms with van der Waals surface area (Å²) in [6, 6.07) is 10.2. The quantitative estimate of drug-likeness (QED) is 0.577. The topological polar surface area (TPSA) is 77.1 Å². The first-order valence-corrected chi connectivity index (χ1v) is 9.57. The van der Waals surface area contributed by atoms with E-state index < -0.39 is 0 Å². The monoisotopic (exact) mass is 388 g/mol. The number of hydrogen-bond acceptors (Lipinski definition) is 4. The Labute approximate surface area is 169 Å². The van der Waals surface area contributed by atoms with Crippen molar-refractivity contribution in [2.24, 2.45) is 0 Å². The third kappa shape index (κ3) is 3.40. The molecule has 3 aromatic heterocycles. The maximum Gasteiger partial charge on any atom is 0.261 e. The van der Waals surface area contributed by atoms with Gasteiger partial charge in [0, 0.05) is 11.4 Å². The maximum atomic E-state index is 13.0. The lowest BCUT2D eigenvalue weighted by Gasteiger charge is -2.09. The van der Waals surface area contributed by atoms with Gasteiger partial charge in [0.05, 0.1) is 29.8 Å². The Morgan fingerprint density at radius 2 is 1.86 bits per heavy atom. The molecule has 0 saturated heterocycles. The van der Waals surface area contributed by atoms with Gasteiger partial charge in [0.2, 0.25) is 0 Å². The number of aromatic nitrogens is 5. The van der Waals surface area contributed by atoms with E-state index in [1.54, 1.807) is 10.7 Å². The van der Waals surface area contributed by atoms with Crippen molar-refractivity contribution in [1.29, 1.82) is 0 Å². The summed E-state index contributed by atoms with van der Waals surface area (Å²) in [5.74, 6) is -0.237. The number of fused-ring (bicyclic) bond motifs is 1. The first-order valence-electron chi connectivity index (χ1n) is 9.57. The van der Waals surface area contributed by atoms with Crippen molar-refractivity contribution in [2.45, 2.75) is 41.2 Å². The van der Waals surface area contributed by atoms with Gasteiger partial charge in [0.25, 0.3) is 5.91 Å². The second kappa shape index (κ2) is 7.16. The predicted octanol–water partition coefficient (Wildman–Crippen LogP) is 3.77. The van der Waals surface area contributed by atoms with Crippen LogP contribution in [0, 0.1) is 34.6 Å². The molecule has 1 amide bonds. The summed E-state index contributed by atoms with van der Waals surface area (Å²) >= 11 is 0. The van der Waals surface area contributed by atoms with Crippen molar-refractivity contribution >= 4 is 17.2 Å². The van der Waals surface area contributed by atoms with E-state index in [1.807, 2.05) is 50.6 Å². The first kappa shape index (κ1) is 18.9.